The van der Waals surface area contributed by atoms with Gasteiger partial charge < -0.3 is 10.2 Å². The van der Waals surface area contributed by atoms with Gasteiger partial charge >= 0.3 is 0 Å². The van der Waals surface area contributed by atoms with Crippen LogP contribution >= 0.6 is 0 Å². The van der Waals surface area contributed by atoms with Gasteiger partial charge in [0.15, 0.2) is 5.69 Å². The highest BCUT2D eigenvalue weighted by Crippen LogP contribution is 2.32. The number of rotatable bonds is 2. The van der Waals surface area contributed by atoms with Crippen molar-refractivity contribution in [3.63, 3.8) is 0 Å². The summed E-state index contributed by atoms with van der Waals surface area (Å²) in [6.07, 6.45) is 2.69. The number of likely N-dealkylation sites (tertiary alicyclic amines) is 1. The highest BCUT2D eigenvalue weighted by atomic mass is 19.1. The zero-order valence-corrected chi connectivity index (χ0v) is 15.0. The minimum Gasteiger partial charge on any atom is -0.337 e. The highest BCUT2D eigenvalue weighted by molar-refractivity contribution is 5.94. The van der Waals surface area contributed by atoms with Crippen LogP contribution in [-0.4, -0.2) is 46.8 Å². The third-order valence-electron chi connectivity index (χ3n) is 6.14. The minimum absolute atomic E-state index is 0.0174. The molecule has 2 fully saturated rings. The zero-order valence-electron chi connectivity index (χ0n) is 15.0. The van der Waals surface area contributed by atoms with Gasteiger partial charge in [0.1, 0.15) is 11.5 Å². The average molecular weight is 354 g/mol. The van der Waals surface area contributed by atoms with Crippen LogP contribution in [0.5, 0.6) is 0 Å². The normalized spacial score (nSPS) is 24.2. The second-order valence-corrected chi connectivity index (χ2v) is 7.88. The number of carbonyl (C=O) groups is 1. The van der Waals surface area contributed by atoms with Crippen LogP contribution < -0.4 is 5.32 Å². The lowest BCUT2D eigenvalue weighted by Gasteiger charge is -2.16. The van der Waals surface area contributed by atoms with Crippen LogP contribution in [-0.2, 0) is 12.8 Å². The largest absolute Gasteiger partial charge is 0.337 e. The number of amides is 1. The molecule has 136 valence electrons. The Labute approximate surface area is 152 Å². The number of benzene rings is 1. The molecule has 0 bridgehead atoms. The van der Waals surface area contributed by atoms with Crippen molar-refractivity contribution in [1.29, 1.82) is 0 Å². The van der Waals surface area contributed by atoms with Crippen LogP contribution in [0.4, 0.5) is 4.39 Å². The molecule has 26 heavy (non-hydrogen) atoms. The van der Waals surface area contributed by atoms with Gasteiger partial charge in [0.05, 0.1) is 0 Å². The van der Waals surface area contributed by atoms with Gasteiger partial charge in [-0.15, -0.1) is 0 Å². The third kappa shape index (κ3) is 2.39. The van der Waals surface area contributed by atoms with Crippen molar-refractivity contribution < 1.29 is 9.18 Å². The second-order valence-electron chi connectivity index (χ2n) is 7.88. The van der Waals surface area contributed by atoms with Crippen molar-refractivity contribution in [2.45, 2.75) is 26.2 Å². The van der Waals surface area contributed by atoms with E-state index in [2.05, 4.69) is 10.4 Å². The van der Waals surface area contributed by atoms with Crippen molar-refractivity contribution >= 4 is 5.91 Å². The molecule has 2 aliphatic heterocycles. The van der Waals surface area contributed by atoms with E-state index in [-0.39, 0.29) is 11.7 Å². The predicted molar refractivity (Wildman–Crippen MR) is 96.0 cm³/mol. The number of hydrogen-bond donors (Lipinski definition) is 1. The number of halogens is 1. The van der Waals surface area contributed by atoms with E-state index in [9.17, 15) is 9.18 Å². The Bertz CT molecular complexity index is 878. The molecular formula is C20H23FN4O. The van der Waals surface area contributed by atoms with Gasteiger partial charge in [-0.25, -0.2) is 9.07 Å². The van der Waals surface area contributed by atoms with E-state index in [0.717, 1.165) is 62.3 Å². The van der Waals surface area contributed by atoms with E-state index < -0.39 is 0 Å². The smallest absolute Gasteiger partial charge is 0.274 e. The standard InChI is InChI=1S/C20H23FN4O/c1-12-5-6-18(16(21)7-12)25-17-4-2-3-15(17)19(23-25)20(26)24-10-13-8-22-9-14(13)11-24/h5-7,13-14,22H,2-4,8-11H2,1H3/t13-,14+. The van der Waals surface area contributed by atoms with Gasteiger partial charge in [-0.05, 0) is 55.7 Å². The van der Waals surface area contributed by atoms with E-state index in [1.807, 2.05) is 17.9 Å². The monoisotopic (exact) mass is 354 g/mol. The quantitative estimate of drug-likeness (QED) is 0.899. The van der Waals surface area contributed by atoms with E-state index >= 15 is 0 Å². The Morgan fingerprint density at radius 1 is 1.23 bits per heavy atom. The first-order valence-electron chi connectivity index (χ1n) is 9.49. The van der Waals surface area contributed by atoms with Crippen LogP contribution in [0.2, 0.25) is 0 Å². The molecule has 3 aliphatic rings. The van der Waals surface area contributed by atoms with Gasteiger partial charge in [0, 0.05) is 37.4 Å². The number of carbonyl (C=O) groups excluding carboxylic acids is 1. The van der Waals surface area contributed by atoms with Crippen molar-refractivity contribution in [1.82, 2.24) is 20.0 Å². The van der Waals surface area contributed by atoms with E-state index in [1.165, 1.54) is 6.07 Å². The molecule has 0 saturated carbocycles. The molecule has 2 saturated heterocycles. The summed E-state index contributed by atoms with van der Waals surface area (Å²) in [5.41, 5.74) is 3.87. The number of nitrogens with zero attached hydrogens (tertiary/aromatic N) is 3. The number of fused-ring (bicyclic) bond motifs is 2. The molecule has 0 radical (unpaired) electrons. The van der Waals surface area contributed by atoms with E-state index in [0.29, 0.717) is 23.2 Å². The molecule has 2 aromatic rings. The summed E-state index contributed by atoms with van der Waals surface area (Å²) in [5, 5.41) is 8.00. The molecule has 0 spiro atoms. The Morgan fingerprint density at radius 2 is 2.00 bits per heavy atom. The lowest BCUT2D eigenvalue weighted by molar-refractivity contribution is 0.0774. The topological polar surface area (TPSA) is 50.2 Å². The number of nitrogens with one attached hydrogen (secondary N) is 1. The fourth-order valence-corrected chi connectivity index (χ4v) is 4.76. The third-order valence-corrected chi connectivity index (χ3v) is 6.14. The summed E-state index contributed by atoms with van der Waals surface area (Å²) >= 11 is 0. The lowest BCUT2D eigenvalue weighted by atomic mass is 10.0. The Kier molecular flexibility index (Phi) is 3.64. The van der Waals surface area contributed by atoms with Crippen molar-refractivity contribution in [2.75, 3.05) is 26.2 Å². The van der Waals surface area contributed by atoms with Gasteiger partial charge in [-0.2, -0.15) is 5.10 Å². The molecule has 1 amide bonds. The van der Waals surface area contributed by atoms with Crippen LogP contribution in [0.15, 0.2) is 18.2 Å². The SMILES string of the molecule is Cc1ccc(-n2nc(C(=O)N3C[C@H]4CNC[C@H]4C3)c3c2CCC3)c(F)c1. The molecule has 5 rings (SSSR count). The summed E-state index contributed by atoms with van der Waals surface area (Å²) in [7, 11) is 0. The first-order valence-corrected chi connectivity index (χ1v) is 9.49. The molecule has 2 atom stereocenters. The number of aryl methyl sites for hydroxylation is 1. The molecule has 6 heteroatoms. The van der Waals surface area contributed by atoms with Gasteiger partial charge in [0.25, 0.3) is 5.91 Å². The molecule has 3 heterocycles. The molecule has 1 aromatic carbocycles. The Balaban J connectivity index is 1.51. The fraction of sp³-hybridized carbons (Fsp3) is 0.500. The summed E-state index contributed by atoms with van der Waals surface area (Å²) in [5.74, 6) is 0.846. The Morgan fingerprint density at radius 3 is 2.73 bits per heavy atom. The maximum atomic E-state index is 14.5. The maximum absolute atomic E-state index is 14.5. The van der Waals surface area contributed by atoms with Gasteiger partial charge in [-0.3, -0.25) is 4.79 Å². The Hall–Kier alpha value is -2.21. The molecule has 0 unspecified atom stereocenters. The van der Waals surface area contributed by atoms with Crippen molar-refractivity contribution in [3.05, 3.63) is 46.5 Å². The molecule has 1 aromatic heterocycles. The predicted octanol–water partition coefficient (Wildman–Crippen LogP) is 2.10. The minimum atomic E-state index is -0.289. The summed E-state index contributed by atoms with van der Waals surface area (Å²) in [4.78, 5) is 15.1. The van der Waals surface area contributed by atoms with Crippen molar-refractivity contribution in [3.8, 4) is 5.69 Å². The fourth-order valence-electron chi connectivity index (χ4n) is 4.76. The molecular weight excluding hydrogens is 331 g/mol. The first kappa shape index (κ1) is 16.0. The zero-order chi connectivity index (χ0) is 17.8. The van der Waals surface area contributed by atoms with E-state index in [1.54, 1.807) is 10.7 Å². The molecule has 1 aliphatic carbocycles. The first-order chi connectivity index (χ1) is 12.6. The van der Waals surface area contributed by atoms with Gasteiger partial charge in [-0.1, -0.05) is 6.07 Å². The van der Waals surface area contributed by atoms with Crippen molar-refractivity contribution in [2.24, 2.45) is 11.8 Å². The molecule has 5 nitrogen and oxygen atoms in total. The van der Waals surface area contributed by atoms with E-state index in [4.69, 9.17) is 0 Å². The molecule has 1 N–H and O–H groups in total. The lowest BCUT2D eigenvalue weighted by Crippen LogP contribution is -2.32. The van der Waals surface area contributed by atoms with Crippen LogP contribution in [0.1, 0.15) is 33.7 Å². The van der Waals surface area contributed by atoms with Crippen LogP contribution in [0.25, 0.3) is 5.69 Å². The number of aromatic nitrogens is 2. The number of hydrogen-bond acceptors (Lipinski definition) is 3. The summed E-state index contributed by atoms with van der Waals surface area (Å²) in [6.45, 7) is 5.47. The van der Waals surface area contributed by atoms with Gasteiger partial charge in [0.2, 0.25) is 0 Å². The second kappa shape index (κ2) is 5.91. The average Bonchev–Trinajstić information content (AvgIpc) is 3.35. The summed E-state index contributed by atoms with van der Waals surface area (Å²) in [6, 6.07) is 5.17. The highest BCUT2D eigenvalue weighted by Gasteiger charge is 2.40. The maximum Gasteiger partial charge on any atom is 0.274 e. The van der Waals surface area contributed by atoms with Crippen LogP contribution in [0.3, 0.4) is 0 Å². The van der Waals surface area contributed by atoms with Crippen LogP contribution in [0, 0.1) is 24.6 Å². The summed E-state index contributed by atoms with van der Waals surface area (Å²) < 4.78 is 16.2.